The zero-order chi connectivity index (χ0) is 23.4. The van der Waals surface area contributed by atoms with Gasteiger partial charge in [-0.25, -0.2) is 0 Å². The first kappa shape index (κ1) is 25.5. The zero-order valence-electron chi connectivity index (χ0n) is 18.8. The average molecular weight is 542 g/mol. The van der Waals surface area contributed by atoms with Gasteiger partial charge in [-0.15, -0.1) is 17.0 Å². The molecule has 0 fully saturated rings. The van der Waals surface area contributed by atoms with Gasteiger partial charge in [-0.1, -0.05) is 78.3 Å². The van der Waals surface area contributed by atoms with Gasteiger partial charge in [0.1, 0.15) is 0 Å². The summed E-state index contributed by atoms with van der Waals surface area (Å²) >= 11 is 6.50. The molecule has 0 saturated heterocycles. The number of rotatable bonds is 8. The molecular formula is C26H26BrClN4O2. The van der Waals surface area contributed by atoms with Crippen LogP contribution in [0.5, 0.6) is 0 Å². The van der Waals surface area contributed by atoms with Gasteiger partial charge in [0.05, 0.1) is 29.0 Å². The molecule has 34 heavy (non-hydrogen) atoms. The molecule has 4 rings (SSSR count). The number of benzene rings is 3. The van der Waals surface area contributed by atoms with Crippen LogP contribution in [-0.4, -0.2) is 39.3 Å². The fourth-order valence-electron chi connectivity index (χ4n) is 3.87. The van der Waals surface area contributed by atoms with Crippen LogP contribution >= 0.6 is 28.6 Å². The van der Waals surface area contributed by atoms with Gasteiger partial charge in [0, 0.05) is 25.7 Å². The van der Waals surface area contributed by atoms with Crippen molar-refractivity contribution in [3.8, 4) is 0 Å². The Morgan fingerprint density at radius 1 is 0.912 bits per heavy atom. The van der Waals surface area contributed by atoms with E-state index in [9.17, 15) is 9.59 Å². The molecule has 0 bridgehead atoms. The van der Waals surface area contributed by atoms with E-state index in [-0.39, 0.29) is 40.8 Å². The lowest BCUT2D eigenvalue weighted by molar-refractivity contribution is -0.129. The molecule has 0 aliphatic heterocycles. The molecule has 4 aromatic rings. The zero-order valence-corrected chi connectivity index (χ0v) is 21.2. The number of likely N-dealkylation sites (N-methyl/N-ethyl adjacent to an activating group) is 1. The van der Waals surface area contributed by atoms with Gasteiger partial charge < -0.3 is 14.0 Å². The molecule has 0 unspecified atom stereocenters. The monoisotopic (exact) mass is 540 g/mol. The van der Waals surface area contributed by atoms with Gasteiger partial charge in [0.15, 0.2) is 5.78 Å². The Morgan fingerprint density at radius 3 is 2.24 bits per heavy atom. The lowest BCUT2D eigenvalue weighted by Crippen LogP contribution is -2.34. The number of aromatic nitrogens is 2. The number of nitrogens with one attached hydrogen (secondary N) is 1. The number of Topliss-reactive ketones (excluding diaryl/α,β-unsaturated/α-hetero) is 1. The molecule has 8 heteroatoms. The molecule has 1 aromatic heterocycles. The van der Waals surface area contributed by atoms with Gasteiger partial charge in [-0.2, -0.15) is 0 Å². The number of hydrogen-bond acceptors (Lipinski definition) is 3. The van der Waals surface area contributed by atoms with Gasteiger partial charge in [0.2, 0.25) is 11.5 Å². The van der Waals surface area contributed by atoms with Crippen molar-refractivity contribution >= 4 is 51.3 Å². The predicted octanol–water partition coefficient (Wildman–Crippen LogP) is 4.74. The van der Waals surface area contributed by atoms with Crippen LogP contribution in [0.4, 0.5) is 0 Å². The van der Waals surface area contributed by atoms with E-state index in [1.165, 1.54) is 0 Å². The van der Waals surface area contributed by atoms with Crippen molar-refractivity contribution in [2.24, 2.45) is 0 Å². The SMILES string of the molecule is Br.CN(CCn1c(=N)n(CC(=O)c2ccccc2)c2cccc(Cl)c21)C(=O)Cc1ccccc1. The van der Waals surface area contributed by atoms with Crippen molar-refractivity contribution in [3.05, 3.63) is 101 Å². The minimum absolute atomic E-state index is 0. The molecule has 176 valence electrons. The first-order chi connectivity index (χ1) is 16.0. The van der Waals surface area contributed by atoms with Crippen LogP contribution in [0.2, 0.25) is 5.02 Å². The number of para-hydroxylation sites is 1. The molecule has 1 N–H and O–H groups in total. The lowest BCUT2D eigenvalue weighted by Gasteiger charge is -2.18. The highest BCUT2D eigenvalue weighted by atomic mass is 79.9. The van der Waals surface area contributed by atoms with E-state index in [1.807, 2.05) is 60.7 Å². The highest BCUT2D eigenvalue weighted by Crippen LogP contribution is 2.23. The smallest absolute Gasteiger partial charge is 0.226 e. The van der Waals surface area contributed by atoms with Crippen LogP contribution in [0.3, 0.4) is 0 Å². The van der Waals surface area contributed by atoms with Crippen LogP contribution in [0.15, 0.2) is 78.9 Å². The van der Waals surface area contributed by atoms with Crippen LogP contribution in [-0.2, 0) is 24.3 Å². The third kappa shape index (κ3) is 5.48. The fraction of sp³-hybridized carbons (Fsp3) is 0.192. The molecule has 3 aromatic carbocycles. The summed E-state index contributed by atoms with van der Waals surface area (Å²) in [5.74, 6) is -0.0781. The molecule has 0 radical (unpaired) electrons. The van der Waals surface area contributed by atoms with E-state index in [0.717, 1.165) is 11.1 Å². The second-order valence-electron chi connectivity index (χ2n) is 7.94. The standard InChI is InChI=1S/C26H25ClN4O2.BrH/c1-29(24(33)17-19-9-4-2-5-10-19)15-16-30-25-21(27)13-8-14-22(25)31(26(30)28)18-23(32)20-11-6-3-7-12-20;/h2-14,28H,15-18H2,1H3;1H. The summed E-state index contributed by atoms with van der Waals surface area (Å²) in [4.78, 5) is 27.1. The first-order valence-electron chi connectivity index (χ1n) is 10.7. The van der Waals surface area contributed by atoms with Crippen molar-refractivity contribution in [3.63, 3.8) is 0 Å². The topological polar surface area (TPSA) is 71.1 Å². The maximum atomic E-state index is 12.8. The van der Waals surface area contributed by atoms with E-state index >= 15 is 0 Å². The molecule has 0 saturated carbocycles. The largest absolute Gasteiger partial charge is 0.344 e. The number of fused-ring (bicyclic) bond motifs is 1. The Morgan fingerprint density at radius 2 is 1.56 bits per heavy atom. The van der Waals surface area contributed by atoms with E-state index < -0.39 is 0 Å². The molecule has 0 aliphatic rings. The molecule has 1 amide bonds. The van der Waals surface area contributed by atoms with Crippen LogP contribution in [0.25, 0.3) is 11.0 Å². The molecular weight excluding hydrogens is 516 g/mol. The summed E-state index contributed by atoms with van der Waals surface area (Å²) in [6.45, 7) is 0.845. The number of halogens is 2. The third-order valence-corrected chi connectivity index (χ3v) is 6.02. The molecule has 0 aliphatic carbocycles. The first-order valence-corrected chi connectivity index (χ1v) is 11.1. The molecule has 6 nitrogen and oxygen atoms in total. The maximum Gasteiger partial charge on any atom is 0.226 e. The summed E-state index contributed by atoms with van der Waals surface area (Å²) in [6.07, 6.45) is 0.323. The van der Waals surface area contributed by atoms with Crippen LogP contribution < -0.4 is 5.62 Å². The predicted molar refractivity (Wildman–Crippen MR) is 140 cm³/mol. The third-order valence-electron chi connectivity index (χ3n) is 5.72. The van der Waals surface area contributed by atoms with E-state index in [0.29, 0.717) is 35.6 Å². The van der Waals surface area contributed by atoms with Gasteiger partial charge in [0.25, 0.3) is 0 Å². The minimum atomic E-state index is -0.0803. The normalized spacial score (nSPS) is 10.6. The average Bonchev–Trinajstić information content (AvgIpc) is 3.10. The van der Waals surface area contributed by atoms with Gasteiger partial charge >= 0.3 is 0 Å². The Kier molecular flexibility index (Phi) is 8.47. The number of amides is 1. The molecule has 1 heterocycles. The number of imidazole rings is 1. The maximum absolute atomic E-state index is 12.8. The van der Waals surface area contributed by atoms with E-state index in [2.05, 4.69) is 0 Å². The molecule has 0 atom stereocenters. The summed E-state index contributed by atoms with van der Waals surface area (Å²) in [7, 11) is 1.76. The van der Waals surface area contributed by atoms with Crippen molar-refractivity contribution in [1.29, 1.82) is 5.41 Å². The number of ketones is 1. The van der Waals surface area contributed by atoms with Crippen molar-refractivity contribution in [1.82, 2.24) is 14.0 Å². The number of nitrogens with zero attached hydrogens (tertiary/aromatic N) is 3. The van der Waals surface area contributed by atoms with Crippen LogP contribution in [0, 0.1) is 5.41 Å². The quantitative estimate of drug-likeness (QED) is 0.327. The number of carbonyl (C=O) groups excluding carboxylic acids is 2. The summed E-state index contributed by atoms with van der Waals surface area (Å²) < 4.78 is 3.44. The van der Waals surface area contributed by atoms with Gasteiger partial charge in [-0.05, 0) is 17.7 Å². The number of carbonyl (C=O) groups is 2. The van der Waals surface area contributed by atoms with Crippen molar-refractivity contribution in [2.75, 3.05) is 13.6 Å². The van der Waals surface area contributed by atoms with Crippen molar-refractivity contribution < 1.29 is 9.59 Å². The Balaban J connectivity index is 0.00000324. The minimum Gasteiger partial charge on any atom is -0.344 e. The van der Waals surface area contributed by atoms with Crippen molar-refractivity contribution in [2.45, 2.75) is 19.5 Å². The van der Waals surface area contributed by atoms with E-state index in [4.69, 9.17) is 17.0 Å². The summed E-state index contributed by atoms with van der Waals surface area (Å²) in [5, 5.41) is 9.27. The van der Waals surface area contributed by atoms with Crippen LogP contribution in [0.1, 0.15) is 15.9 Å². The van der Waals surface area contributed by atoms with Gasteiger partial charge in [-0.3, -0.25) is 15.0 Å². The summed E-state index contributed by atoms with van der Waals surface area (Å²) in [5.41, 5.74) is 3.14. The lowest BCUT2D eigenvalue weighted by atomic mass is 10.1. The Labute approximate surface area is 213 Å². The number of hydrogen-bond donors (Lipinski definition) is 1. The molecule has 0 spiro atoms. The second kappa shape index (κ2) is 11.3. The second-order valence-corrected chi connectivity index (χ2v) is 8.34. The highest BCUT2D eigenvalue weighted by molar-refractivity contribution is 8.93. The summed E-state index contributed by atoms with van der Waals surface area (Å²) in [6, 6.07) is 24.1. The van der Waals surface area contributed by atoms with E-state index in [1.54, 1.807) is 39.3 Å². The Hall–Kier alpha value is -3.16. The Bertz CT molecular complexity index is 1350. The fourth-order valence-corrected chi connectivity index (χ4v) is 4.14. The highest BCUT2D eigenvalue weighted by Gasteiger charge is 2.18.